The molecule has 3 heterocycles. The Morgan fingerprint density at radius 3 is 0.776 bits per heavy atom. The molecule has 0 aromatic carbocycles. The van der Waals surface area contributed by atoms with Gasteiger partial charge in [-0.05, 0) is 13.8 Å². The quantitative estimate of drug-likeness (QED) is 0.172. The first-order valence-electron chi connectivity index (χ1n) is 18.3. The number of carbonyl (C=O) groups is 2. The standard InChI is InChI=1S/C18H22N2O4.C16H32O8.2BF4/c1-3-23-17(21)15-5-9-19(10-6-15)13-14-20-11-7-16(8-12-20)18(22)24-4-2;1-2-18-5-6-20-9-10-22-13-14-24-16-15-23-12-11-21-8-7-19-4-3-17-1;2*2-1(3,4)5/h5-12H,3-4,13-14H2,1-2H3;1-16H2;;/q+2;;2*-1. The molecule has 58 heavy (non-hydrogen) atoms. The second-order valence-electron chi connectivity index (χ2n) is 11.0. The molecule has 0 aliphatic carbocycles. The number of carbonyl (C=O) groups excluding carboxylic acids is 2. The van der Waals surface area contributed by atoms with E-state index in [1.54, 1.807) is 38.1 Å². The molecule has 0 amide bonds. The topological polar surface area (TPSA) is 134 Å². The highest BCUT2D eigenvalue weighted by atomic mass is 19.5. The summed E-state index contributed by atoms with van der Waals surface area (Å²) < 4.78 is 135. The molecule has 0 atom stereocenters. The molecule has 1 aliphatic heterocycles. The van der Waals surface area contributed by atoms with Crippen molar-refractivity contribution in [2.45, 2.75) is 26.9 Å². The van der Waals surface area contributed by atoms with Crippen LogP contribution in [-0.4, -0.2) is 145 Å². The average Bonchev–Trinajstić information content (AvgIpc) is 3.16. The minimum atomic E-state index is -6.00. The summed E-state index contributed by atoms with van der Waals surface area (Å²) in [5.41, 5.74) is 1.08. The zero-order chi connectivity index (χ0) is 43.3. The van der Waals surface area contributed by atoms with Crippen molar-refractivity contribution in [1.82, 2.24) is 0 Å². The van der Waals surface area contributed by atoms with Gasteiger partial charge in [0.2, 0.25) is 13.1 Å². The van der Waals surface area contributed by atoms with Crippen molar-refractivity contribution in [2.24, 2.45) is 0 Å². The van der Waals surface area contributed by atoms with Gasteiger partial charge in [-0.3, -0.25) is 0 Å². The minimum absolute atomic E-state index is 0.312. The van der Waals surface area contributed by atoms with E-state index in [0.717, 1.165) is 13.1 Å². The van der Waals surface area contributed by atoms with Crippen LogP contribution in [0.5, 0.6) is 0 Å². The molecule has 3 rings (SSSR count). The van der Waals surface area contributed by atoms with E-state index in [-0.39, 0.29) is 11.9 Å². The summed E-state index contributed by atoms with van der Waals surface area (Å²) in [6, 6.07) is 6.97. The average molecular weight is 856 g/mol. The van der Waals surface area contributed by atoms with Crippen LogP contribution < -0.4 is 9.13 Å². The van der Waals surface area contributed by atoms with E-state index in [9.17, 15) is 44.1 Å². The smallest absolute Gasteiger partial charge is 0.462 e. The van der Waals surface area contributed by atoms with Gasteiger partial charge in [-0.15, -0.1) is 0 Å². The maximum absolute atomic E-state index is 11.6. The van der Waals surface area contributed by atoms with Gasteiger partial charge in [0.1, 0.15) is 0 Å². The lowest BCUT2D eigenvalue weighted by atomic mass is 10.2. The third-order valence-corrected chi connectivity index (χ3v) is 6.40. The molecule has 0 saturated carbocycles. The Kier molecular flexibility index (Phi) is 33.3. The van der Waals surface area contributed by atoms with Crippen LogP contribution in [0, 0.1) is 0 Å². The molecular weight excluding hydrogens is 802 g/mol. The van der Waals surface area contributed by atoms with Gasteiger partial charge < -0.3 is 81.9 Å². The van der Waals surface area contributed by atoms with Crippen LogP contribution in [0.3, 0.4) is 0 Å². The van der Waals surface area contributed by atoms with Gasteiger partial charge in [0.05, 0.1) is 130 Å². The third-order valence-electron chi connectivity index (χ3n) is 6.40. The van der Waals surface area contributed by atoms with Crippen LogP contribution in [0.2, 0.25) is 0 Å². The normalized spacial score (nSPS) is 16.2. The van der Waals surface area contributed by atoms with E-state index in [0.29, 0.717) is 130 Å². The first-order valence-corrected chi connectivity index (χ1v) is 18.3. The number of pyridine rings is 2. The maximum atomic E-state index is 11.6. The predicted octanol–water partition coefficient (Wildman–Crippen LogP) is 4.05. The molecule has 2 aromatic rings. The SMILES string of the molecule is C1COCCOCCOCCOCCOCCOCCOCCO1.CCOC(=O)c1cc[n+](CC[n+]2ccc(C(=O)OCC)cc2)cc1.F[B-](F)(F)F.F[B-](F)(F)F. The number of aromatic nitrogens is 2. The lowest BCUT2D eigenvalue weighted by Gasteiger charge is -2.09. The minimum Gasteiger partial charge on any atom is -0.462 e. The Hall–Kier alpha value is -3.51. The van der Waals surface area contributed by atoms with Gasteiger partial charge in [0.15, 0.2) is 24.8 Å². The number of esters is 2. The predicted molar refractivity (Wildman–Crippen MR) is 192 cm³/mol. The maximum Gasteiger partial charge on any atom is 0.673 e. The third kappa shape index (κ3) is 39.3. The highest BCUT2D eigenvalue weighted by Crippen LogP contribution is 2.07. The van der Waals surface area contributed by atoms with Crippen molar-refractivity contribution in [2.75, 3.05) is 119 Å². The van der Waals surface area contributed by atoms with E-state index in [1.807, 2.05) is 33.9 Å². The van der Waals surface area contributed by atoms with Gasteiger partial charge in [0, 0.05) is 24.3 Å². The van der Waals surface area contributed by atoms with E-state index >= 15 is 0 Å². The van der Waals surface area contributed by atoms with E-state index in [1.165, 1.54) is 0 Å². The van der Waals surface area contributed by atoms with Crippen LogP contribution >= 0.6 is 0 Å². The number of hydrogen-bond acceptors (Lipinski definition) is 12. The van der Waals surface area contributed by atoms with Gasteiger partial charge in [-0.25, -0.2) is 9.59 Å². The molecule has 0 bridgehead atoms. The van der Waals surface area contributed by atoms with Crippen LogP contribution in [0.25, 0.3) is 0 Å². The Morgan fingerprint density at radius 2 is 0.621 bits per heavy atom. The Bertz CT molecular complexity index is 1090. The second kappa shape index (κ2) is 35.4. The lowest BCUT2D eigenvalue weighted by Crippen LogP contribution is -2.44. The molecule has 1 fully saturated rings. The fourth-order valence-electron chi connectivity index (χ4n) is 3.90. The Labute approximate surface area is 333 Å². The van der Waals surface area contributed by atoms with Crippen LogP contribution in [0.15, 0.2) is 49.1 Å². The molecule has 24 heteroatoms. The van der Waals surface area contributed by atoms with Gasteiger partial charge in [0.25, 0.3) is 0 Å². The first kappa shape index (κ1) is 54.5. The van der Waals surface area contributed by atoms with Crippen molar-refractivity contribution in [1.29, 1.82) is 0 Å². The van der Waals surface area contributed by atoms with Crippen LogP contribution in [0.1, 0.15) is 34.6 Å². The number of rotatable bonds is 7. The molecular formula is C34H54B2F8N2O12. The summed E-state index contributed by atoms with van der Waals surface area (Å²) in [6.45, 7) is 14.7. The van der Waals surface area contributed by atoms with Crippen molar-refractivity contribution in [3.8, 4) is 0 Å². The number of ether oxygens (including phenoxy) is 10. The lowest BCUT2D eigenvalue weighted by molar-refractivity contribution is -0.778. The van der Waals surface area contributed by atoms with Gasteiger partial charge >= 0.3 is 26.4 Å². The van der Waals surface area contributed by atoms with Crippen LogP contribution in [-0.2, 0) is 60.5 Å². The Morgan fingerprint density at radius 1 is 0.448 bits per heavy atom. The number of hydrogen-bond donors (Lipinski definition) is 0. The van der Waals surface area contributed by atoms with Gasteiger partial charge in [-0.2, -0.15) is 9.13 Å². The molecule has 0 radical (unpaired) electrons. The largest absolute Gasteiger partial charge is 0.673 e. The molecule has 334 valence electrons. The summed E-state index contributed by atoms with van der Waals surface area (Å²) in [5, 5.41) is 0. The van der Waals surface area contributed by atoms with E-state index < -0.39 is 14.5 Å². The van der Waals surface area contributed by atoms with Crippen molar-refractivity contribution in [3.05, 3.63) is 60.2 Å². The van der Waals surface area contributed by atoms with Gasteiger partial charge in [-0.1, -0.05) is 0 Å². The summed E-state index contributed by atoms with van der Waals surface area (Å²) in [6.07, 6.45) is 7.39. The molecule has 14 nitrogen and oxygen atoms in total. The monoisotopic (exact) mass is 856 g/mol. The molecule has 0 spiro atoms. The highest BCUT2D eigenvalue weighted by molar-refractivity contribution is 6.50. The first-order chi connectivity index (χ1) is 27.6. The fraction of sp³-hybridized carbons (Fsp3) is 0.647. The van der Waals surface area contributed by atoms with Crippen molar-refractivity contribution in [3.63, 3.8) is 0 Å². The summed E-state index contributed by atoms with van der Waals surface area (Å²) in [5.74, 6) is -0.623. The number of nitrogens with zero attached hydrogens (tertiary/aromatic N) is 2. The Balaban J connectivity index is 0.000000908. The molecule has 1 saturated heterocycles. The summed E-state index contributed by atoms with van der Waals surface area (Å²) in [7, 11) is -12.0. The molecule has 2 aromatic heterocycles. The summed E-state index contributed by atoms with van der Waals surface area (Å²) >= 11 is 0. The molecule has 1 aliphatic rings. The highest BCUT2D eigenvalue weighted by Gasteiger charge is 2.21. The number of halogens is 8. The zero-order valence-corrected chi connectivity index (χ0v) is 32.7. The fourth-order valence-corrected chi connectivity index (χ4v) is 3.90. The van der Waals surface area contributed by atoms with E-state index in [4.69, 9.17) is 47.4 Å². The van der Waals surface area contributed by atoms with Crippen molar-refractivity contribution >= 4 is 26.4 Å². The van der Waals surface area contributed by atoms with Crippen molar-refractivity contribution < 1.29 is 101 Å². The zero-order valence-electron chi connectivity index (χ0n) is 32.7. The van der Waals surface area contributed by atoms with E-state index in [2.05, 4.69) is 0 Å². The van der Waals surface area contributed by atoms with Crippen LogP contribution in [0.4, 0.5) is 34.5 Å². The second-order valence-corrected chi connectivity index (χ2v) is 11.0. The number of aryl methyl sites for hydroxylation is 2. The summed E-state index contributed by atoms with van der Waals surface area (Å²) in [4.78, 5) is 23.2. The molecule has 0 N–H and O–H groups in total. The molecule has 0 unspecified atom stereocenters.